The topological polar surface area (TPSA) is 156 Å². The molecule has 0 rings (SSSR count). The third kappa shape index (κ3) is 57.1. The molecular weight excluding hydrogens is 556 g/mol. The van der Waals surface area contributed by atoms with E-state index >= 15 is 0 Å². The normalized spacial score (nSPS) is 11.2. The molecule has 0 bridgehead atoms. The average molecular weight is 596 g/mol. The number of carbonyl (C=O) groups excluding carboxylic acids is 1. The maximum absolute atomic E-state index is 10.8. The first kappa shape index (κ1) is 38.9. The van der Waals surface area contributed by atoms with Gasteiger partial charge in [0.15, 0.2) is 0 Å². The fraction of sp³-hybridized carbons (Fsp3) is 0.941. The average Bonchev–Trinajstić information content (AvgIpc) is 2.57. The molecule has 15 heteroatoms. The Balaban J connectivity index is -0.000000168. The zero-order valence-electron chi connectivity index (χ0n) is 20.1. The van der Waals surface area contributed by atoms with Crippen molar-refractivity contribution < 1.29 is 47.3 Å². The second-order valence-corrected chi connectivity index (χ2v) is 11.9. The summed E-state index contributed by atoms with van der Waals surface area (Å²) >= 11 is 3.33. The molecule has 0 atom stereocenters. The fourth-order valence-electron chi connectivity index (χ4n) is 1.34. The molecule has 0 aromatic rings. The lowest BCUT2D eigenvalue weighted by Crippen LogP contribution is -2.09. The minimum Gasteiger partial charge on any atom is -0.466 e. The van der Waals surface area contributed by atoms with Crippen LogP contribution in [0.2, 0.25) is 0 Å². The van der Waals surface area contributed by atoms with Gasteiger partial charge in [-0.3, -0.25) is 17.3 Å². The van der Waals surface area contributed by atoms with Crippen LogP contribution in [0, 0.1) is 0 Å². The van der Waals surface area contributed by atoms with Gasteiger partial charge in [-0.15, -0.1) is 0 Å². The summed E-state index contributed by atoms with van der Waals surface area (Å²) in [4.78, 5) is 10.8. The van der Waals surface area contributed by atoms with Crippen LogP contribution in [0.25, 0.3) is 0 Å². The van der Waals surface area contributed by atoms with Crippen molar-refractivity contribution >= 4 is 52.3 Å². The molecule has 0 radical (unpaired) electrons. The molecule has 0 aromatic heterocycles. The van der Waals surface area contributed by atoms with Gasteiger partial charge in [-0.05, 0) is 40.5 Å². The smallest absolute Gasteiger partial charge is 0.305 e. The minimum absolute atomic E-state index is 0.0675. The lowest BCUT2D eigenvalue weighted by atomic mass is 10.2. The Labute approximate surface area is 203 Å². The summed E-state index contributed by atoms with van der Waals surface area (Å²) in [6, 6.07) is 0. The number of esters is 1. The van der Waals surface area contributed by atoms with E-state index in [-0.39, 0.29) is 18.7 Å². The second kappa shape index (κ2) is 22.5. The summed E-state index contributed by atoms with van der Waals surface area (Å²) in [5.41, 5.74) is 0. The SMILES string of the molecule is CC(C)OS(C)(=O)=O.CCOC(=O)CCCCCBr.CCOS(C)(=O)=O.COS(C)(=O)=O. The van der Waals surface area contributed by atoms with Crippen molar-refractivity contribution in [3.05, 3.63) is 0 Å². The standard InChI is InChI=1S/C8H15BrO2.C4H10O3S.C3H8O3S.C2H6O3S/c1-2-11-8(10)6-4-3-5-7-9;1-4(2)7-8(3,5)6;1-3-6-7(2,4)5;1-5-6(2,3)4/h2-7H2,1H3;4H,1-3H3;3H2,1-2H3;1-2H3. The van der Waals surface area contributed by atoms with E-state index < -0.39 is 30.4 Å². The number of alkyl halides is 1. The van der Waals surface area contributed by atoms with Gasteiger partial charge in [0.1, 0.15) is 0 Å². The van der Waals surface area contributed by atoms with Crippen molar-refractivity contribution in [2.75, 3.05) is 44.4 Å². The summed E-state index contributed by atoms with van der Waals surface area (Å²) in [5, 5.41) is 1.02. The van der Waals surface area contributed by atoms with Crippen molar-refractivity contribution in [3.8, 4) is 0 Å². The third-order valence-electron chi connectivity index (χ3n) is 2.32. The summed E-state index contributed by atoms with van der Waals surface area (Å²) < 4.78 is 77.3. The number of unbranched alkanes of at least 4 members (excludes halogenated alkanes) is 2. The Morgan fingerprint density at radius 1 is 0.812 bits per heavy atom. The van der Waals surface area contributed by atoms with Gasteiger partial charge in [0, 0.05) is 11.8 Å². The van der Waals surface area contributed by atoms with Crippen molar-refractivity contribution in [1.29, 1.82) is 0 Å². The maximum atomic E-state index is 10.8. The lowest BCUT2D eigenvalue weighted by Gasteiger charge is -2.01. The van der Waals surface area contributed by atoms with Crippen molar-refractivity contribution in [2.45, 2.75) is 59.5 Å². The van der Waals surface area contributed by atoms with Crippen LogP contribution in [-0.4, -0.2) is 81.7 Å². The predicted molar refractivity (Wildman–Crippen MR) is 128 cm³/mol. The van der Waals surface area contributed by atoms with Crippen molar-refractivity contribution in [2.24, 2.45) is 0 Å². The predicted octanol–water partition coefficient (Wildman–Crippen LogP) is 2.45. The number of rotatable bonds is 11. The first-order valence-electron chi connectivity index (χ1n) is 9.54. The van der Waals surface area contributed by atoms with Crippen LogP contribution in [0.5, 0.6) is 0 Å². The van der Waals surface area contributed by atoms with Gasteiger partial charge in [-0.1, -0.05) is 22.4 Å². The molecular formula is C17H39BrO11S3. The number of hydrogen-bond acceptors (Lipinski definition) is 11. The summed E-state index contributed by atoms with van der Waals surface area (Å²) in [6.45, 7) is 7.51. The van der Waals surface area contributed by atoms with Gasteiger partial charge in [-0.2, -0.15) is 25.3 Å². The summed E-state index contributed by atoms with van der Waals surface area (Å²) in [7, 11) is -8.44. The quantitative estimate of drug-likeness (QED) is 0.150. The van der Waals surface area contributed by atoms with E-state index in [0.717, 1.165) is 50.5 Å². The fourth-order valence-corrected chi connectivity index (χ4v) is 2.86. The van der Waals surface area contributed by atoms with Crippen LogP contribution in [0.15, 0.2) is 0 Å². The van der Waals surface area contributed by atoms with Crippen LogP contribution in [0.4, 0.5) is 0 Å². The molecule has 0 aliphatic heterocycles. The molecule has 11 nitrogen and oxygen atoms in total. The summed E-state index contributed by atoms with van der Waals surface area (Å²) in [6.07, 6.45) is 6.57. The number of hydrogen-bond donors (Lipinski definition) is 0. The maximum Gasteiger partial charge on any atom is 0.305 e. The molecule has 0 N–H and O–H groups in total. The van der Waals surface area contributed by atoms with Gasteiger partial charge in [0.25, 0.3) is 30.4 Å². The zero-order valence-corrected chi connectivity index (χ0v) is 24.2. The number of carbonyl (C=O) groups is 1. The lowest BCUT2D eigenvalue weighted by molar-refractivity contribution is -0.143. The molecule has 0 aliphatic rings. The van der Waals surface area contributed by atoms with Crippen molar-refractivity contribution in [1.82, 2.24) is 0 Å². The summed E-state index contributed by atoms with van der Waals surface area (Å²) in [5.74, 6) is -0.0675. The first-order chi connectivity index (χ1) is 14.3. The molecule has 198 valence electrons. The first-order valence-corrected chi connectivity index (χ1v) is 16.1. The monoisotopic (exact) mass is 594 g/mol. The van der Waals surface area contributed by atoms with E-state index in [9.17, 15) is 30.0 Å². The third-order valence-corrected chi connectivity index (χ3v) is 4.89. The molecule has 0 saturated heterocycles. The molecule has 32 heavy (non-hydrogen) atoms. The zero-order chi connectivity index (χ0) is 26.4. The molecule has 0 saturated carbocycles. The van der Waals surface area contributed by atoms with Gasteiger partial charge >= 0.3 is 5.97 Å². The highest BCUT2D eigenvalue weighted by atomic mass is 79.9. The largest absolute Gasteiger partial charge is 0.466 e. The number of ether oxygens (including phenoxy) is 1. The Kier molecular flexibility index (Phi) is 27.3. The second-order valence-electron chi connectivity index (χ2n) is 6.14. The highest BCUT2D eigenvalue weighted by Crippen LogP contribution is 2.02. The van der Waals surface area contributed by atoms with E-state index in [1.165, 1.54) is 0 Å². The molecule has 0 amide bonds. The Morgan fingerprint density at radius 2 is 1.28 bits per heavy atom. The molecule has 0 aliphatic carbocycles. The van der Waals surface area contributed by atoms with E-state index in [4.69, 9.17) is 4.74 Å². The van der Waals surface area contributed by atoms with E-state index in [1.807, 2.05) is 6.92 Å². The Morgan fingerprint density at radius 3 is 1.47 bits per heavy atom. The van der Waals surface area contributed by atoms with Crippen LogP contribution in [0.3, 0.4) is 0 Å². The van der Waals surface area contributed by atoms with Crippen LogP contribution in [-0.2, 0) is 52.4 Å². The van der Waals surface area contributed by atoms with Crippen molar-refractivity contribution in [3.63, 3.8) is 0 Å². The molecule has 0 heterocycles. The van der Waals surface area contributed by atoms with Crippen LogP contribution >= 0.6 is 15.9 Å². The van der Waals surface area contributed by atoms with E-state index in [1.54, 1.807) is 20.8 Å². The molecule has 0 unspecified atom stereocenters. The molecule has 0 spiro atoms. The van der Waals surface area contributed by atoms with Gasteiger partial charge in [0.05, 0.1) is 45.2 Å². The number of halogens is 1. The minimum atomic E-state index is -3.22. The van der Waals surface area contributed by atoms with Crippen LogP contribution in [0.1, 0.15) is 53.4 Å². The Hall–Kier alpha value is -0.320. The van der Waals surface area contributed by atoms with Gasteiger partial charge in [0.2, 0.25) is 0 Å². The molecule has 0 fully saturated rings. The van der Waals surface area contributed by atoms with Crippen LogP contribution < -0.4 is 0 Å². The van der Waals surface area contributed by atoms with E-state index in [0.29, 0.717) is 13.0 Å². The van der Waals surface area contributed by atoms with Gasteiger partial charge in [-0.25, -0.2) is 0 Å². The highest BCUT2D eigenvalue weighted by molar-refractivity contribution is 9.09. The Bertz CT molecular complexity index is 747. The van der Waals surface area contributed by atoms with Gasteiger partial charge < -0.3 is 4.74 Å². The molecule has 0 aromatic carbocycles. The highest BCUT2D eigenvalue weighted by Gasteiger charge is 2.03. The van der Waals surface area contributed by atoms with E-state index in [2.05, 4.69) is 28.5 Å².